The molecule has 1 heterocycles. The van der Waals surface area contributed by atoms with Crippen LogP contribution in [-0.2, 0) is 4.79 Å². The minimum atomic E-state index is -0.531. The molecule has 5 heteroatoms. The molecule has 1 unspecified atom stereocenters. The maximum absolute atomic E-state index is 11.9. The molecule has 1 aromatic rings. The van der Waals surface area contributed by atoms with E-state index in [0.717, 1.165) is 24.2 Å². The van der Waals surface area contributed by atoms with Gasteiger partial charge in [-0.3, -0.25) is 4.79 Å². The molecule has 2 atom stereocenters. The van der Waals surface area contributed by atoms with Crippen molar-refractivity contribution in [2.24, 2.45) is 5.41 Å². The van der Waals surface area contributed by atoms with E-state index < -0.39 is 6.10 Å². The van der Waals surface area contributed by atoms with Crippen molar-refractivity contribution in [3.8, 4) is 0 Å². The number of aliphatic hydroxyl groups excluding tert-OH is 1. The molecule has 0 radical (unpaired) electrons. The SMILES string of the molecule is CNC(=O)C1(C)CCN(c2ccc([C@@H](C)O)cc2Cl)C1. The Morgan fingerprint density at radius 2 is 2.25 bits per heavy atom. The molecule has 20 heavy (non-hydrogen) atoms. The van der Waals surface area contributed by atoms with Crippen molar-refractivity contribution in [3.63, 3.8) is 0 Å². The molecule has 1 aliphatic heterocycles. The topological polar surface area (TPSA) is 52.6 Å². The van der Waals surface area contributed by atoms with Crippen molar-refractivity contribution in [1.82, 2.24) is 5.32 Å². The van der Waals surface area contributed by atoms with Crippen molar-refractivity contribution >= 4 is 23.2 Å². The van der Waals surface area contributed by atoms with Gasteiger partial charge in [0.05, 0.1) is 22.2 Å². The highest BCUT2D eigenvalue weighted by atomic mass is 35.5. The van der Waals surface area contributed by atoms with Crippen LogP contribution < -0.4 is 10.2 Å². The van der Waals surface area contributed by atoms with Gasteiger partial charge in [0, 0.05) is 20.1 Å². The van der Waals surface area contributed by atoms with Crippen LogP contribution in [0.15, 0.2) is 18.2 Å². The van der Waals surface area contributed by atoms with Gasteiger partial charge in [-0.2, -0.15) is 0 Å². The molecule has 4 nitrogen and oxygen atoms in total. The predicted octanol–water partition coefficient (Wildman–Crippen LogP) is 2.36. The third kappa shape index (κ3) is 2.76. The van der Waals surface area contributed by atoms with Crippen LogP contribution in [-0.4, -0.2) is 31.2 Å². The number of aliphatic hydroxyl groups is 1. The fraction of sp³-hybridized carbons (Fsp3) is 0.533. The molecule has 0 saturated carbocycles. The number of amides is 1. The van der Waals surface area contributed by atoms with Gasteiger partial charge in [-0.15, -0.1) is 0 Å². The Bertz CT molecular complexity index is 519. The first-order valence-corrected chi connectivity index (χ1v) is 7.20. The largest absolute Gasteiger partial charge is 0.389 e. The predicted molar refractivity (Wildman–Crippen MR) is 81.1 cm³/mol. The van der Waals surface area contributed by atoms with E-state index >= 15 is 0 Å². The second-order valence-electron chi connectivity index (χ2n) is 5.70. The molecule has 1 amide bonds. The summed E-state index contributed by atoms with van der Waals surface area (Å²) in [5, 5.41) is 12.9. The van der Waals surface area contributed by atoms with Crippen LogP contribution in [0, 0.1) is 5.41 Å². The van der Waals surface area contributed by atoms with E-state index in [4.69, 9.17) is 11.6 Å². The second kappa shape index (κ2) is 5.62. The minimum absolute atomic E-state index is 0.0664. The molecule has 0 aliphatic carbocycles. The lowest BCUT2D eigenvalue weighted by atomic mass is 9.89. The van der Waals surface area contributed by atoms with Gasteiger partial charge in [0.2, 0.25) is 5.91 Å². The van der Waals surface area contributed by atoms with Gasteiger partial charge in [0.25, 0.3) is 0 Å². The lowest BCUT2D eigenvalue weighted by Gasteiger charge is -2.25. The maximum Gasteiger partial charge on any atom is 0.227 e. The standard InChI is InChI=1S/C15H21ClN2O2/c1-10(19)11-4-5-13(12(16)8-11)18-7-6-15(2,9-18)14(20)17-3/h4-5,8,10,19H,6-7,9H2,1-3H3,(H,17,20)/t10-,15?/m1/s1. The smallest absolute Gasteiger partial charge is 0.227 e. The highest BCUT2D eigenvalue weighted by molar-refractivity contribution is 6.33. The Morgan fingerprint density at radius 3 is 2.80 bits per heavy atom. The fourth-order valence-corrected chi connectivity index (χ4v) is 3.00. The summed E-state index contributed by atoms with van der Waals surface area (Å²) in [6.45, 7) is 5.14. The molecule has 0 spiro atoms. The highest BCUT2D eigenvalue weighted by Gasteiger charge is 2.40. The summed E-state index contributed by atoms with van der Waals surface area (Å²) in [5.74, 6) is 0.0664. The number of nitrogens with zero attached hydrogens (tertiary/aromatic N) is 1. The normalized spacial score (nSPS) is 23.8. The summed E-state index contributed by atoms with van der Waals surface area (Å²) in [6, 6.07) is 5.58. The molecule has 0 bridgehead atoms. The number of carbonyl (C=O) groups is 1. The van der Waals surface area contributed by atoms with Crippen molar-refractivity contribution in [3.05, 3.63) is 28.8 Å². The Balaban J connectivity index is 2.20. The molecular weight excluding hydrogens is 276 g/mol. The lowest BCUT2D eigenvalue weighted by molar-refractivity contribution is -0.128. The van der Waals surface area contributed by atoms with Crippen molar-refractivity contribution in [1.29, 1.82) is 0 Å². The van der Waals surface area contributed by atoms with Gasteiger partial charge in [0.15, 0.2) is 0 Å². The van der Waals surface area contributed by atoms with E-state index in [9.17, 15) is 9.90 Å². The Morgan fingerprint density at radius 1 is 1.55 bits per heavy atom. The van der Waals surface area contributed by atoms with Crippen LogP contribution in [0.1, 0.15) is 31.9 Å². The number of benzene rings is 1. The quantitative estimate of drug-likeness (QED) is 0.900. The van der Waals surface area contributed by atoms with E-state index in [1.54, 1.807) is 20.0 Å². The molecule has 110 valence electrons. The summed E-state index contributed by atoms with van der Waals surface area (Å²) in [5.41, 5.74) is 1.34. The first kappa shape index (κ1) is 15.1. The van der Waals surface area contributed by atoms with E-state index in [1.165, 1.54) is 0 Å². The number of anilines is 1. The van der Waals surface area contributed by atoms with Gasteiger partial charge in [-0.05, 0) is 38.0 Å². The monoisotopic (exact) mass is 296 g/mol. The Labute approximate surface area is 124 Å². The molecule has 1 aliphatic rings. The minimum Gasteiger partial charge on any atom is -0.389 e. The fourth-order valence-electron chi connectivity index (χ4n) is 2.69. The van der Waals surface area contributed by atoms with Crippen molar-refractivity contribution in [2.45, 2.75) is 26.4 Å². The van der Waals surface area contributed by atoms with Crippen LogP contribution in [0.25, 0.3) is 0 Å². The highest BCUT2D eigenvalue weighted by Crippen LogP contribution is 2.37. The summed E-state index contributed by atoms with van der Waals surface area (Å²) in [6.07, 6.45) is 0.275. The number of hydrogen-bond acceptors (Lipinski definition) is 3. The number of rotatable bonds is 3. The summed E-state index contributed by atoms with van der Waals surface area (Å²) >= 11 is 6.31. The second-order valence-corrected chi connectivity index (χ2v) is 6.11. The molecule has 1 aromatic carbocycles. The zero-order chi connectivity index (χ0) is 14.9. The van der Waals surface area contributed by atoms with Crippen LogP contribution in [0.2, 0.25) is 5.02 Å². The maximum atomic E-state index is 11.9. The lowest BCUT2D eigenvalue weighted by Crippen LogP contribution is -2.39. The third-order valence-corrected chi connectivity index (χ3v) is 4.35. The number of hydrogen-bond donors (Lipinski definition) is 2. The molecule has 2 N–H and O–H groups in total. The average Bonchev–Trinajstić information content (AvgIpc) is 2.81. The zero-order valence-electron chi connectivity index (χ0n) is 12.1. The molecule has 1 fully saturated rings. The van der Waals surface area contributed by atoms with Crippen molar-refractivity contribution < 1.29 is 9.90 Å². The average molecular weight is 297 g/mol. The number of carbonyl (C=O) groups excluding carboxylic acids is 1. The summed E-state index contributed by atoms with van der Waals surface area (Å²) in [7, 11) is 1.67. The summed E-state index contributed by atoms with van der Waals surface area (Å²) in [4.78, 5) is 14.1. The summed E-state index contributed by atoms with van der Waals surface area (Å²) < 4.78 is 0. The van der Waals surface area contributed by atoms with Crippen LogP contribution in [0.5, 0.6) is 0 Å². The zero-order valence-corrected chi connectivity index (χ0v) is 12.9. The first-order chi connectivity index (χ1) is 9.37. The van der Waals surface area contributed by atoms with E-state index in [0.29, 0.717) is 11.6 Å². The Kier molecular flexibility index (Phi) is 4.25. The van der Waals surface area contributed by atoms with Crippen molar-refractivity contribution in [2.75, 3.05) is 25.0 Å². The van der Waals surface area contributed by atoms with Crippen LogP contribution in [0.3, 0.4) is 0 Å². The van der Waals surface area contributed by atoms with Gasteiger partial charge < -0.3 is 15.3 Å². The van der Waals surface area contributed by atoms with E-state index in [2.05, 4.69) is 10.2 Å². The first-order valence-electron chi connectivity index (χ1n) is 6.82. The van der Waals surface area contributed by atoms with E-state index in [1.807, 2.05) is 19.1 Å². The van der Waals surface area contributed by atoms with Gasteiger partial charge in [-0.25, -0.2) is 0 Å². The molecule has 0 aromatic heterocycles. The molecule has 2 rings (SSSR count). The van der Waals surface area contributed by atoms with Gasteiger partial charge in [0.1, 0.15) is 0 Å². The third-order valence-electron chi connectivity index (χ3n) is 4.04. The number of halogens is 1. The van der Waals surface area contributed by atoms with Gasteiger partial charge >= 0.3 is 0 Å². The number of nitrogens with one attached hydrogen (secondary N) is 1. The van der Waals surface area contributed by atoms with E-state index in [-0.39, 0.29) is 11.3 Å². The van der Waals surface area contributed by atoms with Crippen LogP contribution in [0.4, 0.5) is 5.69 Å². The van der Waals surface area contributed by atoms with Crippen LogP contribution >= 0.6 is 11.6 Å². The molecular formula is C15H21ClN2O2. The van der Waals surface area contributed by atoms with Gasteiger partial charge in [-0.1, -0.05) is 17.7 Å². The molecule has 1 saturated heterocycles. The Hall–Kier alpha value is -1.26.